The van der Waals surface area contributed by atoms with Crippen molar-refractivity contribution in [2.24, 2.45) is 0 Å². The van der Waals surface area contributed by atoms with E-state index in [9.17, 15) is 0 Å². The number of rotatable bonds is 1. The van der Waals surface area contributed by atoms with Crippen LogP contribution in [0.1, 0.15) is 0 Å². The fraction of sp³-hybridized carbons (Fsp3) is 1.00. The molecule has 0 bridgehead atoms. The molecule has 1 aliphatic rings. The van der Waals surface area contributed by atoms with Gasteiger partial charge in [0.1, 0.15) is 24.4 Å². The van der Waals surface area contributed by atoms with Crippen molar-refractivity contribution in [3.05, 3.63) is 0 Å². The zero-order chi connectivity index (χ0) is 8.43. The third-order valence-corrected chi connectivity index (χ3v) is 1.79. The Hall–Kier alpha value is -0.200. The molecule has 1 aliphatic heterocycles. The molecule has 1 heterocycles. The van der Waals surface area contributed by atoms with Crippen LogP contribution in [-0.2, 0) is 4.74 Å². The maximum absolute atomic E-state index is 9.11. The average molecular weight is 164 g/mol. The lowest BCUT2D eigenvalue weighted by molar-refractivity contribution is -0.195. The molecular weight excluding hydrogens is 152 g/mol. The monoisotopic (exact) mass is 164 g/mol. The standard InChI is InChI=1S/C6H12O5/c7-1-4-6(10)5(9)3(8)2-11-4/h3-10H,1-2H2/t3-,4-,5+,6-/m0/s1. The zero-order valence-corrected chi connectivity index (χ0v) is 5.92. The van der Waals surface area contributed by atoms with Gasteiger partial charge in [-0.05, 0) is 0 Å². The molecule has 1 saturated heterocycles. The Balaban J connectivity index is 2.52. The molecule has 4 atom stereocenters. The summed E-state index contributed by atoms with van der Waals surface area (Å²) in [6.07, 6.45) is -4.27. The molecule has 1 fully saturated rings. The highest BCUT2D eigenvalue weighted by atomic mass is 16.5. The molecule has 0 aromatic carbocycles. The van der Waals surface area contributed by atoms with Crippen LogP contribution in [0.3, 0.4) is 0 Å². The summed E-state index contributed by atoms with van der Waals surface area (Å²) in [5.74, 6) is 0. The highest BCUT2D eigenvalue weighted by molar-refractivity contribution is 4.85. The maximum atomic E-state index is 9.11. The molecule has 0 amide bonds. The molecule has 0 aromatic rings. The van der Waals surface area contributed by atoms with Crippen molar-refractivity contribution in [3.8, 4) is 0 Å². The second kappa shape index (κ2) is 3.46. The molecule has 0 radical (unpaired) electrons. The van der Waals surface area contributed by atoms with Crippen molar-refractivity contribution >= 4 is 0 Å². The van der Waals surface area contributed by atoms with Gasteiger partial charge in [0.25, 0.3) is 0 Å². The normalized spacial score (nSPS) is 45.8. The summed E-state index contributed by atoms with van der Waals surface area (Å²) >= 11 is 0. The molecule has 11 heavy (non-hydrogen) atoms. The maximum Gasteiger partial charge on any atom is 0.111 e. The largest absolute Gasteiger partial charge is 0.394 e. The fourth-order valence-corrected chi connectivity index (χ4v) is 1.03. The van der Waals surface area contributed by atoms with Gasteiger partial charge in [-0.25, -0.2) is 0 Å². The van der Waals surface area contributed by atoms with E-state index in [2.05, 4.69) is 0 Å². The highest BCUT2D eigenvalue weighted by Gasteiger charge is 2.36. The van der Waals surface area contributed by atoms with Gasteiger partial charge in [0.15, 0.2) is 0 Å². The van der Waals surface area contributed by atoms with E-state index in [4.69, 9.17) is 25.2 Å². The smallest absolute Gasteiger partial charge is 0.111 e. The average Bonchev–Trinajstić information content (AvgIpc) is 2.01. The minimum absolute atomic E-state index is 0.0521. The van der Waals surface area contributed by atoms with E-state index in [1.165, 1.54) is 0 Å². The third kappa shape index (κ3) is 1.69. The molecule has 66 valence electrons. The quantitative estimate of drug-likeness (QED) is 0.343. The molecule has 0 saturated carbocycles. The van der Waals surface area contributed by atoms with Crippen molar-refractivity contribution in [3.63, 3.8) is 0 Å². The number of aliphatic hydroxyl groups excluding tert-OH is 4. The zero-order valence-electron chi connectivity index (χ0n) is 5.92. The SMILES string of the molecule is OC[C@@H]1OC[C@H](O)[C@@H](O)[C@H]1O. The molecule has 0 aliphatic carbocycles. The Kier molecular flexibility index (Phi) is 2.80. The molecule has 5 nitrogen and oxygen atoms in total. The van der Waals surface area contributed by atoms with E-state index in [1.807, 2.05) is 0 Å². The lowest BCUT2D eigenvalue weighted by atomic mass is 10.0. The first-order chi connectivity index (χ1) is 5.16. The summed E-state index contributed by atoms with van der Waals surface area (Å²) in [5.41, 5.74) is 0. The number of hydrogen-bond donors (Lipinski definition) is 4. The minimum Gasteiger partial charge on any atom is -0.394 e. The van der Waals surface area contributed by atoms with Gasteiger partial charge in [-0.15, -0.1) is 0 Å². The van der Waals surface area contributed by atoms with Crippen LogP contribution in [0.5, 0.6) is 0 Å². The fourth-order valence-electron chi connectivity index (χ4n) is 1.03. The Morgan fingerprint density at radius 2 is 1.82 bits per heavy atom. The van der Waals surface area contributed by atoms with Gasteiger partial charge >= 0.3 is 0 Å². The van der Waals surface area contributed by atoms with Crippen molar-refractivity contribution in [1.29, 1.82) is 0 Å². The molecule has 1 rings (SSSR count). The molecule has 0 spiro atoms. The van der Waals surface area contributed by atoms with Gasteiger partial charge in [0.05, 0.1) is 13.2 Å². The molecule has 0 unspecified atom stereocenters. The lowest BCUT2D eigenvalue weighted by Gasteiger charge is -2.34. The second-order valence-corrected chi connectivity index (χ2v) is 2.60. The molecular formula is C6H12O5. The van der Waals surface area contributed by atoms with Crippen LogP contribution in [0, 0.1) is 0 Å². The van der Waals surface area contributed by atoms with Gasteiger partial charge in [0, 0.05) is 0 Å². The number of ether oxygens (including phenoxy) is 1. The van der Waals surface area contributed by atoms with E-state index < -0.39 is 24.4 Å². The lowest BCUT2D eigenvalue weighted by Crippen LogP contribution is -2.53. The molecule has 0 aromatic heterocycles. The van der Waals surface area contributed by atoms with Gasteiger partial charge in [-0.1, -0.05) is 0 Å². The Labute approximate surface area is 63.8 Å². The minimum atomic E-state index is -1.22. The Morgan fingerprint density at radius 1 is 1.18 bits per heavy atom. The van der Waals surface area contributed by atoms with E-state index in [0.717, 1.165) is 0 Å². The van der Waals surface area contributed by atoms with Crippen molar-refractivity contribution in [2.45, 2.75) is 24.4 Å². The summed E-state index contributed by atoms with van der Waals surface area (Å²) in [4.78, 5) is 0. The Bertz CT molecular complexity index is 126. The first-order valence-electron chi connectivity index (χ1n) is 3.43. The van der Waals surface area contributed by atoms with Crippen molar-refractivity contribution in [1.82, 2.24) is 0 Å². The van der Waals surface area contributed by atoms with Crippen LogP contribution in [-0.4, -0.2) is 58.1 Å². The summed E-state index contributed by atoms with van der Waals surface area (Å²) in [5, 5.41) is 35.7. The summed E-state index contributed by atoms with van der Waals surface area (Å²) < 4.78 is 4.81. The van der Waals surface area contributed by atoms with Crippen molar-refractivity contribution < 1.29 is 25.2 Å². The van der Waals surface area contributed by atoms with Crippen LogP contribution >= 0.6 is 0 Å². The van der Waals surface area contributed by atoms with Crippen LogP contribution in [0.15, 0.2) is 0 Å². The summed E-state index contributed by atoms with van der Waals surface area (Å²) in [6.45, 7) is -0.408. The predicted molar refractivity (Wildman–Crippen MR) is 34.8 cm³/mol. The predicted octanol–water partition coefficient (Wildman–Crippen LogP) is -2.54. The van der Waals surface area contributed by atoms with E-state index >= 15 is 0 Å². The first-order valence-corrected chi connectivity index (χ1v) is 3.43. The number of aliphatic hydroxyl groups is 4. The van der Waals surface area contributed by atoms with Gasteiger partial charge < -0.3 is 25.2 Å². The second-order valence-electron chi connectivity index (χ2n) is 2.60. The summed E-state index contributed by atoms with van der Waals surface area (Å²) in [7, 11) is 0. The third-order valence-electron chi connectivity index (χ3n) is 1.79. The molecule has 5 heteroatoms. The van der Waals surface area contributed by atoms with Crippen molar-refractivity contribution in [2.75, 3.05) is 13.2 Å². The first kappa shape index (κ1) is 8.89. The Morgan fingerprint density at radius 3 is 2.36 bits per heavy atom. The molecule has 4 N–H and O–H groups in total. The number of hydrogen-bond acceptors (Lipinski definition) is 5. The van der Waals surface area contributed by atoms with Crippen LogP contribution in [0.4, 0.5) is 0 Å². The van der Waals surface area contributed by atoms with E-state index in [1.54, 1.807) is 0 Å². The topological polar surface area (TPSA) is 90.2 Å². The van der Waals surface area contributed by atoms with Crippen LogP contribution < -0.4 is 0 Å². The van der Waals surface area contributed by atoms with E-state index in [-0.39, 0.29) is 13.2 Å². The van der Waals surface area contributed by atoms with Crippen LogP contribution in [0.2, 0.25) is 0 Å². The highest BCUT2D eigenvalue weighted by Crippen LogP contribution is 2.14. The van der Waals surface area contributed by atoms with Gasteiger partial charge in [-0.3, -0.25) is 0 Å². The van der Waals surface area contributed by atoms with Crippen LogP contribution in [0.25, 0.3) is 0 Å². The summed E-state index contributed by atoms with van der Waals surface area (Å²) in [6, 6.07) is 0. The van der Waals surface area contributed by atoms with Gasteiger partial charge in [0.2, 0.25) is 0 Å². The van der Waals surface area contributed by atoms with Gasteiger partial charge in [-0.2, -0.15) is 0 Å². The van der Waals surface area contributed by atoms with E-state index in [0.29, 0.717) is 0 Å².